The number of pyridine rings is 1. The normalized spacial score (nSPS) is 11.6. The summed E-state index contributed by atoms with van der Waals surface area (Å²) in [5.74, 6) is 0.619. The highest BCUT2D eigenvalue weighted by atomic mass is 19.4. The zero-order chi connectivity index (χ0) is 13.2. The van der Waals surface area contributed by atoms with E-state index in [1.54, 1.807) is 7.05 Å². The topological polar surface area (TPSA) is 55.6 Å². The van der Waals surface area contributed by atoms with Gasteiger partial charge < -0.3 is 5.32 Å². The fourth-order valence-corrected chi connectivity index (χ4v) is 1.34. The minimum atomic E-state index is -4.37. The van der Waals surface area contributed by atoms with E-state index in [2.05, 4.69) is 20.4 Å². The Morgan fingerprint density at radius 1 is 1.33 bits per heavy atom. The fraction of sp³-hybridized carbons (Fsp3) is 0.300. The summed E-state index contributed by atoms with van der Waals surface area (Å²) in [6.45, 7) is 0.217. The van der Waals surface area contributed by atoms with Crippen LogP contribution in [0.25, 0.3) is 0 Å². The molecule has 0 bridgehead atoms. The van der Waals surface area contributed by atoms with Crippen molar-refractivity contribution < 1.29 is 13.2 Å². The lowest BCUT2D eigenvalue weighted by Gasteiger charge is -2.08. The van der Waals surface area contributed by atoms with Crippen LogP contribution in [-0.2, 0) is 19.8 Å². The average Bonchev–Trinajstić information content (AvgIpc) is 2.72. The maximum atomic E-state index is 12.5. The number of aromatic nitrogens is 4. The first kappa shape index (κ1) is 12.3. The quantitative estimate of drug-likeness (QED) is 0.911. The molecule has 0 amide bonds. The molecule has 8 heteroatoms. The molecule has 0 unspecified atom stereocenters. The van der Waals surface area contributed by atoms with Crippen LogP contribution in [-0.4, -0.2) is 19.7 Å². The van der Waals surface area contributed by atoms with Gasteiger partial charge in [0.05, 0.1) is 12.1 Å². The van der Waals surface area contributed by atoms with Gasteiger partial charge in [0.2, 0.25) is 0 Å². The summed E-state index contributed by atoms with van der Waals surface area (Å²) in [6.07, 6.45) is -1.75. The number of halogens is 3. The summed E-state index contributed by atoms with van der Waals surface area (Å²) in [5.41, 5.74) is -0.742. The van der Waals surface area contributed by atoms with Gasteiger partial charge in [0.25, 0.3) is 0 Å². The Morgan fingerprint density at radius 3 is 2.72 bits per heavy atom. The van der Waals surface area contributed by atoms with Gasteiger partial charge in [0, 0.05) is 13.2 Å². The van der Waals surface area contributed by atoms with Crippen LogP contribution in [0.15, 0.2) is 24.7 Å². The summed E-state index contributed by atoms with van der Waals surface area (Å²) in [4.78, 5) is 7.74. The average molecular weight is 257 g/mol. The van der Waals surface area contributed by atoms with Crippen LogP contribution >= 0.6 is 0 Å². The Bertz CT molecular complexity index is 534. The lowest BCUT2D eigenvalue weighted by atomic mass is 10.2. The molecule has 0 saturated carbocycles. The Morgan fingerprint density at radius 2 is 2.11 bits per heavy atom. The Balaban J connectivity index is 2.06. The summed E-state index contributed by atoms with van der Waals surface area (Å²) < 4.78 is 38.9. The second-order valence-electron chi connectivity index (χ2n) is 3.62. The van der Waals surface area contributed by atoms with Crippen LogP contribution in [0.4, 0.5) is 19.0 Å². The Labute approximate surface area is 101 Å². The summed E-state index contributed by atoms with van der Waals surface area (Å²) in [5, 5.41) is 6.73. The summed E-state index contributed by atoms with van der Waals surface area (Å²) in [7, 11) is 1.71. The number of alkyl halides is 3. The molecule has 18 heavy (non-hydrogen) atoms. The molecule has 0 radical (unpaired) electrons. The third kappa shape index (κ3) is 2.96. The molecule has 0 aliphatic heterocycles. The molecule has 2 aromatic rings. The standard InChI is InChI=1S/C10H10F3N5/c1-18-6-16-9(17-18)5-15-8-4-7(2-3-14-8)10(11,12)13/h2-4,6H,5H2,1H3,(H,14,15). The third-order valence-corrected chi connectivity index (χ3v) is 2.16. The van der Waals surface area contributed by atoms with E-state index in [1.807, 2.05) is 0 Å². The van der Waals surface area contributed by atoms with Crippen molar-refractivity contribution in [2.45, 2.75) is 12.7 Å². The number of nitrogens with zero attached hydrogens (tertiary/aromatic N) is 4. The number of aryl methyl sites for hydroxylation is 1. The summed E-state index contributed by atoms with van der Waals surface area (Å²) in [6, 6.07) is 1.87. The molecule has 2 heterocycles. The van der Waals surface area contributed by atoms with Crippen molar-refractivity contribution in [1.29, 1.82) is 0 Å². The molecule has 96 valence electrons. The first-order chi connectivity index (χ1) is 8.45. The van der Waals surface area contributed by atoms with Crippen molar-refractivity contribution >= 4 is 5.82 Å². The minimum absolute atomic E-state index is 0.136. The van der Waals surface area contributed by atoms with Crippen LogP contribution in [0.5, 0.6) is 0 Å². The van der Waals surface area contributed by atoms with Crippen LogP contribution in [0.2, 0.25) is 0 Å². The predicted octanol–water partition coefficient (Wildman–Crippen LogP) is 1.84. The van der Waals surface area contributed by atoms with E-state index in [1.165, 1.54) is 11.0 Å². The Kier molecular flexibility index (Phi) is 3.17. The lowest BCUT2D eigenvalue weighted by molar-refractivity contribution is -0.137. The molecule has 0 saturated heterocycles. The van der Waals surface area contributed by atoms with Crippen molar-refractivity contribution in [3.8, 4) is 0 Å². The van der Waals surface area contributed by atoms with E-state index in [0.717, 1.165) is 18.3 Å². The molecule has 0 fully saturated rings. The second-order valence-corrected chi connectivity index (χ2v) is 3.62. The van der Waals surface area contributed by atoms with E-state index in [9.17, 15) is 13.2 Å². The number of nitrogens with one attached hydrogen (secondary N) is 1. The van der Waals surface area contributed by atoms with E-state index < -0.39 is 11.7 Å². The number of anilines is 1. The van der Waals surface area contributed by atoms with Crippen LogP contribution < -0.4 is 5.32 Å². The molecule has 2 rings (SSSR count). The predicted molar refractivity (Wildman–Crippen MR) is 57.6 cm³/mol. The van der Waals surface area contributed by atoms with Gasteiger partial charge in [-0.25, -0.2) is 9.97 Å². The molecule has 2 aromatic heterocycles. The zero-order valence-electron chi connectivity index (χ0n) is 9.44. The summed E-state index contributed by atoms with van der Waals surface area (Å²) >= 11 is 0. The molecule has 5 nitrogen and oxygen atoms in total. The monoisotopic (exact) mass is 257 g/mol. The van der Waals surface area contributed by atoms with Gasteiger partial charge in [-0.1, -0.05) is 0 Å². The van der Waals surface area contributed by atoms with Crippen molar-refractivity contribution in [3.05, 3.63) is 36.0 Å². The molecular formula is C10H10F3N5. The molecular weight excluding hydrogens is 247 g/mol. The highest BCUT2D eigenvalue weighted by molar-refractivity contribution is 5.38. The van der Waals surface area contributed by atoms with Gasteiger partial charge in [0.1, 0.15) is 12.1 Å². The number of rotatable bonds is 3. The van der Waals surface area contributed by atoms with Gasteiger partial charge >= 0.3 is 6.18 Å². The molecule has 0 aromatic carbocycles. The fourth-order valence-electron chi connectivity index (χ4n) is 1.34. The van der Waals surface area contributed by atoms with E-state index in [0.29, 0.717) is 5.82 Å². The molecule has 0 aliphatic rings. The van der Waals surface area contributed by atoms with Gasteiger partial charge in [-0.15, -0.1) is 0 Å². The first-order valence-electron chi connectivity index (χ1n) is 5.07. The Hall–Kier alpha value is -2.12. The van der Waals surface area contributed by atoms with Crippen molar-refractivity contribution in [3.63, 3.8) is 0 Å². The lowest BCUT2D eigenvalue weighted by Crippen LogP contribution is -2.08. The number of hydrogen-bond donors (Lipinski definition) is 1. The van der Waals surface area contributed by atoms with Crippen LogP contribution in [0.1, 0.15) is 11.4 Å². The van der Waals surface area contributed by atoms with E-state index in [-0.39, 0.29) is 12.4 Å². The van der Waals surface area contributed by atoms with Crippen LogP contribution in [0, 0.1) is 0 Å². The van der Waals surface area contributed by atoms with Gasteiger partial charge in [-0.2, -0.15) is 18.3 Å². The molecule has 0 atom stereocenters. The smallest absolute Gasteiger partial charge is 0.363 e. The largest absolute Gasteiger partial charge is 0.416 e. The highest BCUT2D eigenvalue weighted by Crippen LogP contribution is 2.29. The van der Waals surface area contributed by atoms with Crippen molar-refractivity contribution in [2.75, 3.05) is 5.32 Å². The van der Waals surface area contributed by atoms with E-state index >= 15 is 0 Å². The number of hydrogen-bond acceptors (Lipinski definition) is 4. The minimum Gasteiger partial charge on any atom is -0.363 e. The highest BCUT2D eigenvalue weighted by Gasteiger charge is 2.30. The maximum Gasteiger partial charge on any atom is 0.416 e. The van der Waals surface area contributed by atoms with Crippen LogP contribution in [0.3, 0.4) is 0 Å². The first-order valence-corrected chi connectivity index (χ1v) is 5.07. The molecule has 1 N–H and O–H groups in total. The molecule has 0 spiro atoms. The van der Waals surface area contributed by atoms with E-state index in [4.69, 9.17) is 0 Å². The van der Waals surface area contributed by atoms with Crippen molar-refractivity contribution in [1.82, 2.24) is 19.7 Å². The van der Waals surface area contributed by atoms with Crippen molar-refractivity contribution in [2.24, 2.45) is 7.05 Å². The SMILES string of the molecule is Cn1cnc(CNc2cc(C(F)(F)F)ccn2)n1. The third-order valence-electron chi connectivity index (χ3n) is 2.16. The molecule has 0 aliphatic carbocycles. The van der Waals surface area contributed by atoms with Gasteiger partial charge in [0.15, 0.2) is 5.82 Å². The maximum absolute atomic E-state index is 12.5. The van der Waals surface area contributed by atoms with Gasteiger partial charge in [-0.05, 0) is 12.1 Å². The second kappa shape index (κ2) is 4.63. The van der Waals surface area contributed by atoms with Gasteiger partial charge in [-0.3, -0.25) is 4.68 Å². The zero-order valence-corrected chi connectivity index (χ0v) is 9.44.